The number of hydrogen-bond acceptors (Lipinski definition) is 7. The van der Waals surface area contributed by atoms with E-state index >= 15 is 0 Å². The van der Waals surface area contributed by atoms with Crippen molar-refractivity contribution in [3.05, 3.63) is 99.6 Å². The van der Waals surface area contributed by atoms with Gasteiger partial charge in [-0.25, -0.2) is 5.43 Å². The zero-order valence-electron chi connectivity index (χ0n) is 21.0. The Morgan fingerprint density at radius 2 is 1.90 bits per heavy atom. The molecule has 0 aliphatic carbocycles. The van der Waals surface area contributed by atoms with Crippen molar-refractivity contribution in [2.24, 2.45) is 5.10 Å². The van der Waals surface area contributed by atoms with Crippen LogP contribution in [0.2, 0.25) is 10.0 Å². The average Bonchev–Trinajstić information content (AvgIpc) is 3.49. The number of fused-ring (bicyclic) bond motifs is 1. The summed E-state index contributed by atoms with van der Waals surface area (Å²) in [5.74, 6) is 0.454. The number of carbonyl (C=O) groups is 1. The number of hydrazone groups is 1. The maximum Gasteiger partial charge on any atom is 0.277 e. The van der Waals surface area contributed by atoms with Crippen molar-refractivity contribution in [1.82, 2.24) is 20.2 Å². The van der Waals surface area contributed by atoms with E-state index in [1.807, 2.05) is 32.0 Å². The molecule has 0 unspecified atom stereocenters. The van der Waals surface area contributed by atoms with Gasteiger partial charge in [0.1, 0.15) is 5.75 Å². The maximum absolute atomic E-state index is 12.3. The second kappa shape index (κ2) is 11.9. The predicted molar refractivity (Wildman–Crippen MR) is 154 cm³/mol. The molecule has 198 valence electrons. The molecular weight excluding hydrogens is 557 g/mol. The minimum Gasteiger partial charge on any atom is -0.482 e. The van der Waals surface area contributed by atoms with Gasteiger partial charge in [0, 0.05) is 27.7 Å². The first-order valence-electron chi connectivity index (χ1n) is 11.9. The lowest BCUT2D eigenvalue weighted by atomic mass is 10.1. The Morgan fingerprint density at radius 3 is 2.72 bits per heavy atom. The van der Waals surface area contributed by atoms with Crippen molar-refractivity contribution in [1.29, 1.82) is 0 Å². The number of aryl methyl sites for hydroxylation is 1. The smallest absolute Gasteiger partial charge is 0.277 e. The van der Waals surface area contributed by atoms with Crippen LogP contribution in [0.1, 0.15) is 22.8 Å². The Bertz CT molecular complexity index is 1680. The fourth-order valence-electron chi connectivity index (χ4n) is 4.05. The van der Waals surface area contributed by atoms with Gasteiger partial charge in [-0.1, -0.05) is 65.3 Å². The Morgan fingerprint density at radius 1 is 1.08 bits per heavy atom. The summed E-state index contributed by atoms with van der Waals surface area (Å²) < 4.78 is 13.3. The molecule has 0 saturated heterocycles. The Labute approximate surface area is 239 Å². The van der Waals surface area contributed by atoms with Gasteiger partial charge in [-0.15, -0.1) is 10.2 Å². The number of benzene rings is 3. The van der Waals surface area contributed by atoms with Gasteiger partial charge in [0.15, 0.2) is 6.61 Å². The largest absolute Gasteiger partial charge is 0.482 e. The van der Waals surface area contributed by atoms with Crippen molar-refractivity contribution >= 4 is 57.9 Å². The van der Waals surface area contributed by atoms with Crippen LogP contribution >= 0.6 is 35.0 Å². The highest BCUT2D eigenvalue weighted by Crippen LogP contribution is 2.28. The third-order valence-electron chi connectivity index (χ3n) is 5.87. The molecule has 0 aliphatic rings. The Hall–Kier alpha value is -3.79. The molecule has 5 aromatic rings. The summed E-state index contributed by atoms with van der Waals surface area (Å²) in [6, 6.07) is 21.6. The molecular formula is C28H23Cl2N5O3S. The number of thioether (sulfide) groups is 1. The van der Waals surface area contributed by atoms with E-state index in [2.05, 4.69) is 55.6 Å². The van der Waals surface area contributed by atoms with Gasteiger partial charge in [-0.2, -0.15) is 5.10 Å². The normalized spacial score (nSPS) is 11.4. The summed E-state index contributed by atoms with van der Waals surface area (Å²) >= 11 is 13.1. The van der Waals surface area contributed by atoms with Crippen LogP contribution in [0.5, 0.6) is 5.75 Å². The second-order valence-corrected chi connectivity index (χ2v) is 10.4. The molecule has 39 heavy (non-hydrogen) atoms. The number of nitrogens with zero attached hydrogens (tertiary/aromatic N) is 4. The Kier molecular flexibility index (Phi) is 8.21. The molecule has 1 amide bonds. The highest BCUT2D eigenvalue weighted by molar-refractivity contribution is 7.99. The molecule has 2 heterocycles. The zero-order chi connectivity index (χ0) is 27.4. The topological polar surface area (TPSA) is 94.5 Å². The van der Waals surface area contributed by atoms with Gasteiger partial charge >= 0.3 is 0 Å². The van der Waals surface area contributed by atoms with Crippen molar-refractivity contribution in [3.63, 3.8) is 0 Å². The summed E-state index contributed by atoms with van der Waals surface area (Å²) in [6.07, 6.45) is 1.65. The van der Waals surface area contributed by atoms with Gasteiger partial charge in [-0.05, 0) is 61.0 Å². The predicted octanol–water partition coefficient (Wildman–Crippen LogP) is 6.76. The number of halogens is 2. The second-order valence-electron chi connectivity index (χ2n) is 8.60. The van der Waals surface area contributed by atoms with Crippen molar-refractivity contribution < 1.29 is 13.9 Å². The number of hydrogen-bond donors (Lipinski definition) is 1. The van der Waals surface area contributed by atoms with Crippen LogP contribution in [0.3, 0.4) is 0 Å². The van der Waals surface area contributed by atoms with Crippen LogP contribution in [-0.2, 0) is 11.4 Å². The molecule has 8 nitrogen and oxygen atoms in total. The molecule has 11 heteroatoms. The van der Waals surface area contributed by atoms with Crippen LogP contribution < -0.4 is 10.2 Å². The Balaban J connectivity index is 1.14. The van der Waals surface area contributed by atoms with Crippen LogP contribution in [0.4, 0.5) is 0 Å². The molecule has 2 aromatic heterocycles. The molecule has 0 atom stereocenters. The average molecular weight is 580 g/mol. The highest BCUT2D eigenvalue weighted by Gasteiger charge is 2.12. The molecule has 0 aliphatic heterocycles. The van der Waals surface area contributed by atoms with Crippen molar-refractivity contribution in [2.75, 3.05) is 5.75 Å². The fraction of sp³-hybridized carbons (Fsp3) is 0.143. The zero-order valence-corrected chi connectivity index (χ0v) is 23.3. The van der Waals surface area contributed by atoms with Gasteiger partial charge in [0.25, 0.3) is 17.0 Å². The van der Waals surface area contributed by atoms with E-state index < -0.39 is 0 Å². The minimum atomic E-state index is -0.302. The summed E-state index contributed by atoms with van der Waals surface area (Å²) in [4.78, 5) is 12.3. The number of carbonyl (C=O) groups excluding carboxylic acids is 1. The number of ether oxygens (including phenoxy) is 1. The summed E-state index contributed by atoms with van der Waals surface area (Å²) in [7, 11) is 0. The number of nitrogens with one attached hydrogen (secondary N) is 1. The summed E-state index contributed by atoms with van der Waals surface area (Å²) in [6.45, 7) is 4.10. The van der Waals surface area contributed by atoms with E-state index in [0.717, 1.165) is 34.4 Å². The van der Waals surface area contributed by atoms with Gasteiger partial charge in [-0.3, -0.25) is 4.79 Å². The number of amides is 1. The summed E-state index contributed by atoms with van der Waals surface area (Å²) in [5, 5.41) is 15.5. The molecule has 5 rings (SSSR count). The first kappa shape index (κ1) is 26.8. The molecule has 0 saturated carbocycles. The van der Waals surface area contributed by atoms with Crippen LogP contribution in [-0.4, -0.2) is 32.6 Å². The summed E-state index contributed by atoms with van der Waals surface area (Å²) in [5.41, 5.74) is 6.63. The lowest BCUT2D eigenvalue weighted by molar-refractivity contribution is -0.118. The minimum absolute atomic E-state index is 0.0308. The molecule has 3 aromatic carbocycles. The van der Waals surface area contributed by atoms with E-state index in [0.29, 0.717) is 15.8 Å². The molecule has 1 N–H and O–H groups in total. The fourth-order valence-corrected chi connectivity index (χ4v) is 5.09. The van der Waals surface area contributed by atoms with Crippen LogP contribution in [0.15, 0.2) is 81.5 Å². The first-order chi connectivity index (χ1) is 18.9. The maximum atomic E-state index is 12.3. The molecule has 0 spiro atoms. The quantitative estimate of drug-likeness (QED) is 0.118. The lowest BCUT2D eigenvalue weighted by Gasteiger charge is -2.11. The third-order valence-corrected chi connectivity index (χ3v) is 7.22. The monoisotopic (exact) mass is 579 g/mol. The van der Waals surface area contributed by atoms with E-state index in [1.54, 1.807) is 24.4 Å². The van der Waals surface area contributed by atoms with Crippen molar-refractivity contribution in [3.8, 4) is 11.4 Å². The SMILES string of the molecule is Cc1cc(/C=N\NC(=O)CSc2nnc(COc3ccc(Cl)cc3Cl)o2)c(C)n1-c1ccc2ccccc2c1. The van der Waals surface area contributed by atoms with E-state index in [-0.39, 0.29) is 29.4 Å². The highest BCUT2D eigenvalue weighted by atomic mass is 35.5. The van der Waals surface area contributed by atoms with Gasteiger partial charge < -0.3 is 13.7 Å². The lowest BCUT2D eigenvalue weighted by Crippen LogP contribution is -2.19. The van der Waals surface area contributed by atoms with Crippen LogP contribution in [0.25, 0.3) is 16.5 Å². The van der Waals surface area contributed by atoms with E-state index in [9.17, 15) is 4.79 Å². The molecule has 0 fully saturated rings. The standard InChI is InChI=1S/C28H23Cl2N5O3S/c1-17-11-21(18(2)35(17)23-9-7-19-5-3-4-6-20(19)12-23)14-31-32-26(36)16-39-28-34-33-27(38-28)15-37-25-10-8-22(29)13-24(25)30/h3-14H,15-16H2,1-2H3,(H,32,36)/b31-14-. The number of aromatic nitrogens is 3. The van der Waals surface area contributed by atoms with E-state index in [4.69, 9.17) is 32.4 Å². The van der Waals surface area contributed by atoms with Gasteiger partial charge in [0.05, 0.1) is 17.0 Å². The van der Waals surface area contributed by atoms with Gasteiger partial charge in [0.2, 0.25) is 0 Å². The van der Waals surface area contributed by atoms with E-state index in [1.165, 1.54) is 10.8 Å². The number of rotatable bonds is 9. The first-order valence-corrected chi connectivity index (χ1v) is 13.6. The molecule has 0 bridgehead atoms. The molecule has 0 radical (unpaired) electrons. The van der Waals surface area contributed by atoms with Crippen LogP contribution in [0, 0.1) is 13.8 Å². The third kappa shape index (κ3) is 6.44. The van der Waals surface area contributed by atoms with Crippen molar-refractivity contribution in [2.45, 2.75) is 25.7 Å².